The molecule has 4 atom stereocenters. The van der Waals surface area contributed by atoms with E-state index in [-0.39, 0.29) is 24.0 Å². The normalized spacial score (nSPS) is 24.6. The summed E-state index contributed by atoms with van der Waals surface area (Å²) < 4.78 is 32.8. The lowest BCUT2D eigenvalue weighted by Crippen LogP contribution is -2.35. The first-order valence-electron chi connectivity index (χ1n) is 12.5. The van der Waals surface area contributed by atoms with Crippen molar-refractivity contribution in [2.75, 3.05) is 13.2 Å². The fourth-order valence-electron chi connectivity index (χ4n) is 6.71. The van der Waals surface area contributed by atoms with Crippen LogP contribution in [0.5, 0.6) is 0 Å². The van der Waals surface area contributed by atoms with Gasteiger partial charge in [-0.3, -0.25) is 4.57 Å². The van der Waals surface area contributed by atoms with Crippen molar-refractivity contribution in [2.24, 2.45) is 11.8 Å². The van der Waals surface area contributed by atoms with E-state index in [1.807, 2.05) is 32.0 Å². The molecule has 2 bridgehead atoms. The highest BCUT2D eigenvalue weighted by Gasteiger charge is 2.65. The third kappa shape index (κ3) is 2.83. The highest BCUT2D eigenvalue weighted by Crippen LogP contribution is 2.78. The topological polar surface area (TPSA) is 44.8 Å². The smallest absolute Gasteiger partial charge is 0.358 e. The number of hydrogen-bond acceptors (Lipinski definition) is 4. The minimum Gasteiger partial charge on any atom is -0.364 e. The van der Waals surface area contributed by atoms with E-state index in [0.29, 0.717) is 13.2 Å². The average Bonchev–Trinajstić information content (AvgIpc) is 3.38. The highest BCUT2D eigenvalue weighted by atomic mass is 31.2. The van der Waals surface area contributed by atoms with Crippen LogP contribution in [0.3, 0.4) is 0 Å². The average molecular weight is 483 g/mol. The Balaban J connectivity index is 1.50. The largest absolute Gasteiger partial charge is 0.364 e. The monoisotopic (exact) mass is 482 g/mol. The van der Waals surface area contributed by atoms with Crippen LogP contribution in [-0.2, 0) is 18.3 Å². The maximum Gasteiger partial charge on any atom is 0.358 e. The molecule has 0 amide bonds. The van der Waals surface area contributed by atoms with E-state index < -0.39 is 7.60 Å². The number of hydrogen-bond donors (Lipinski definition) is 0. The van der Waals surface area contributed by atoms with Crippen molar-refractivity contribution >= 4 is 34.7 Å². The molecule has 0 spiro atoms. The van der Waals surface area contributed by atoms with Crippen molar-refractivity contribution in [3.63, 3.8) is 0 Å². The summed E-state index contributed by atoms with van der Waals surface area (Å²) in [4.78, 5) is 0. The van der Waals surface area contributed by atoms with E-state index >= 15 is 0 Å². The summed E-state index contributed by atoms with van der Waals surface area (Å²) >= 11 is 0. The molecule has 2 heterocycles. The van der Waals surface area contributed by atoms with E-state index in [4.69, 9.17) is 13.8 Å². The van der Waals surface area contributed by atoms with E-state index in [1.54, 1.807) is 0 Å². The van der Waals surface area contributed by atoms with Gasteiger partial charge in [-0.25, -0.2) is 0 Å². The molecule has 0 N–H and O–H groups in total. The Bertz CT molecular complexity index is 1550. The van der Waals surface area contributed by atoms with E-state index in [0.717, 1.165) is 16.5 Å². The van der Waals surface area contributed by atoms with Gasteiger partial charge in [-0.05, 0) is 57.7 Å². The van der Waals surface area contributed by atoms with Gasteiger partial charge < -0.3 is 13.8 Å². The first kappa shape index (κ1) is 21.5. The standard InChI is InChI=1S/C30H27O4P/c1-3-32-35(31,33-4-2)30-23(18-12-6-5-7-13-18)26-27(30)29-25-22-17-11-9-15-20(22)19-14-8-10-16-21(19)24(25)28(26)34-29/h5-17,26-29H,3-4H2,1-2H3/t26-,27+,28+,29-/m1/s1. The molecule has 1 saturated heterocycles. The molecule has 7 rings (SSSR count). The SMILES string of the molecule is CCOP(=O)(OCC)C1=C(c2ccccc2)[C@@H]2[C@H]1[C@@H]1O[C@H]2c2c1c1ccccc1c1ccccc21. The molecule has 5 heteroatoms. The number of fused-ring (bicyclic) bond motifs is 13. The molecule has 4 nitrogen and oxygen atoms in total. The molecule has 1 aliphatic carbocycles. The van der Waals surface area contributed by atoms with Crippen LogP contribution in [0.15, 0.2) is 84.2 Å². The van der Waals surface area contributed by atoms with Gasteiger partial charge in [0.1, 0.15) is 0 Å². The Hall–Kier alpha value is -2.75. The predicted octanol–water partition coefficient (Wildman–Crippen LogP) is 8.04. The summed E-state index contributed by atoms with van der Waals surface area (Å²) in [6, 6.07) is 27.5. The van der Waals surface area contributed by atoms with Gasteiger partial charge in [0.2, 0.25) is 0 Å². The second-order valence-electron chi connectivity index (χ2n) is 9.45. The second kappa shape index (κ2) is 7.88. The number of rotatable bonds is 6. The van der Waals surface area contributed by atoms with Crippen LogP contribution in [0.2, 0.25) is 0 Å². The zero-order valence-electron chi connectivity index (χ0n) is 19.8. The van der Waals surface area contributed by atoms with Gasteiger partial charge in [0.05, 0.1) is 30.7 Å². The summed E-state index contributed by atoms with van der Waals surface area (Å²) in [5.41, 5.74) is 4.69. The van der Waals surface area contributed by atoms with Gasteiger partial charge in [0.25, 0.3) is 0 Å². The third-order valence-electron chi connectivity index (χ3n) is 7.82. The molecule has 0 saturated carbocycles. The van der Waals surface area contributed by atoms with Crippen LogP contribution in [0.1, 0.15) is 42.7 Å². The van der Waals surface area contributed by atoms with Gasteiger partial charge in [-0.2, -0.15) is 0 Å². The molecule has 0 unspecified atom stereocenters. The van der Waals surface area contributed by atoms with Gasteiger partial charge in [-0.15, -0.1) is 0 Å². The Morgan fingerprint density at radius 3 is 1.71 bits per heavy atom. The van der Waals surface area contributed by atoms with Crippen molar-refractivity contribution in [2.45, 2.75) is 26.1 Å². The van der Waals surface area contributed by atoms with Gasteiger partial charge in [-0.1, -0.05) is 78.9 Å². The first-order valence-corrected chi connectivity index (χ1v) is 14.0. The highest BCUT2D eigenvalue weighted by molar-refractivity contribution is 7.59. The number of ether oxygens (including phenoxy) is 1. The molecule has 35 heavy (non-hydrogen) atoms. The minimum absolute atomic E-state index is 0.0174. The molecule has 0 aromatic heterocycles. The predicted molar refractivity (Wildman–Crippen MR) is 139 cm³/mol. The number of benzene rings is 4. The Morgan fingerprint density at radius 1 is 0.686 bits per heavy atom. The zero-order chi connectivity index (χ0) is 23.7. The van der Waals surface area contributed by atoms with Crippen LogP contribution >= 0.6 is 7.60 Å². The lowest BCUT2D eigenvalue weighted by atomic mass is 9.62. The molecule has 0 radical (unpaired) electrons. The maximum absolute atomic E-state index is 14.2. The third-order valence-corrected chi connectivity index (χ3v) is 10.1. The van der Waals surface area contributed by atoms with Crippen LogP contribution < -0.4 is 0 Å². The molecular formula is C30H27O4P. The van der Waals surface area contributed by atoms with Crippen molar-refractivity contribution in [1.29, 1.82) is 0 Å². The lowest BCUT2D eigenvalue weighted by molar-refractivity contribution is 0.0630. The first-order chi connectivity index (χ1) is 17.2. The Morgan fingerprint density at radius 2 is 1.17 bits per heavy atom. The van der Waals surface area contributed by atoms with Crippen molar-refractivity contribution in [3.8, 4) is 0 Å². The summed E-state index contributed by atoms with van der Waals surface area (Å²) in [5, 5.41) is 5.79. The van der Waals surface area contributed by atoms with Crippen molar-refractivity contribution < 1.29 is 18.3 Å². The molecule has 1 fully saturated rings. The zero-order valence-corrected chi connectivity index (χ0v) is 20.7. The fraction of sp³-hybridized carbons (Fsp3) is 0.267. The summed E-state index contributed by atoms with van der Waals surface area (Å²) in [7, 11) is -3.47. The van der Waals surface area contributed by atoms with Gasteiger partial charge in [0.15, 0.2) is 0 Å². The summed E-state index contributed by atoms with van der Waals surface area (Å²) in [6.45, 7) is 4.41. The molecule has 176 valence electrons. The van der Waals surface area contributed by atoms with Gasteiger partial charge in [0, 0.05) is 11.8 Å². The lowest BCUT2D eigenvalue weighted by Gasteiger charge is -2.45. The second-order valence-corrected chi connectivity index (χ2v) is 11.4. The van der Waals surface area contributed by atoms with Crippen LogP contribution in [0.4, 0.5) is 0 Å². The maximum atomic E-state index is 14.2. The Kier molecular flexibility index (Phi) is 4.84. The van der Waals surface area contributed by atoms with Crippen molar-refractivity contribution in [3.05, 3.63) is 101 Å². The summed E-state index contributed by atoms with van der Waals surface area (Å²) in [6.07, 6.45) is -0.239. The quantitative estimate of drug-likeness (QED) is 0.206. The van der Waals surface area contributed by atoms with Gasteiger partial charge >= 0.3 is 7.60 Å². The van der Waals surface area contributed by atoms with Crippen LogP contribution in [0, 0.1) is 11.8 Å². The molecule has 3 aliphatic rings. The van der Waals surface area contributed by atoms with Crippen LogP contribution in [0.25, 0.3) is 27.1 Å². The molecule has 2 aliphatic heterocycles. The van der Waals surface area contributed by atoms with E-state index in [2.05, 4.69) is 60.7 Å². The molecule has 4 aromatic carbocycles. The summed E-state index contributed by atoms with van der Waals surface area (Å²) in [5.74, 6) is 0.111. The van der Waals surface area contributed by atoms with E-state index in [9.17, 15) is 4.57 Å². The Labute approximate surface area is 205 Å². The van der Waals surface area contributed by atoms with Crippen molar-refractivity contribution in [1.82, 2.24) is 0 Å². The molecular weight excluding hydrogens is 455 g/mol. The molecule has 4 aromatic rings. The van der Waals surface area contributed by atoms with E-state index in [1.165, 1.54) is 32.7 Å². The van der Waals surface area contributed by atoms with Crippen LogP contribution in [-0.4, -0.2) is 13.2 Å². The fourth-order valence-corrected chi connectivity index (χ4v) is 8.98. The minimum atomic E-state index is -3.47.